The van der Waals surface area contributed by atoms with Crippen LogP contribution >= 0.6 is 11.8 Å². The molecule has 0 fully saturated rings. The zero-order chi connectivity index (χ0) is 13.1. The predicted octanol–water partition coefficient (Wildman–Crippen LogP) is 3.55. The Balaban J connectivity index is 2.07. The molecule has 0 amide bonds. The number of carboxylic acid groups (broad SMARTS) is 1. The molecule has 1 N–H and O–H groups in total. The first-order valence-corrected chi connectivity index (χ1v) is 5.95. The van der Waals surface area contributed by atoms with Gasteiger partial charge in [-0.3, -0.25) is 0 Å². The Morgan fingerprint density at radius 2 is 2.06 bits per heavy atom. The van der Waals surface area contributed by atoms with Crippen LogP contribution in [0.3, 0.4) is 0 Å². The van der Waals surface area contributed by atoms with E-state index in [0.29, 0.717) is 5.09 Å². The monoisotopic (exact) mass is 270 g/mol. The average Bonchev–Trinajstić information content (AvgIpc) is 2.80. The highest BCUT2D eigenvalue weighted by atomic mass is 32.2. The van der Waals surface area contributed by atoms with Crippen LogP contribution in [0, 0.1) is 11.6 Å². The molecule has 0 saturated carbocycles. The molecule has 0 aliphatic carbocycles. The van der Waals surface area contributed by atoms with Crippen molar-refractivity contribution in [2.24, 2.45) is 0 Å². The maximum Gasteiger partial charge on any atom is 0.371 e. The lowest BCUT2D eigenvalue weighted by Crippen LogP contribution is -1.92. The second-order valence-electron chi connectivity index (χ2n) is 3.43. The fourth-order valence-electron chi connectivity index (χ4n) is 1.32. The molecule has 0 spiro atoms. The third-order valence-corrected chi connectivity index (χ3v) is 3.15. The van der Waals surface area contributed by atoms with E-state index in [2.05, 4.69) is 0 Å². The van der Waals surface area contributed by atoms with Crippen molar-refractivity contribution >= 4 is 17.7 Å². The Hall–Kier alpha value is -1.82. The highest BCUT2D eigenvalue weighted by Gasteiger charge is 2.11. The van der Waals surface area contributed by atoms with Crippen LogP contribution in [-0.2, 0) is 5.75 Å². The highest BCUT2D eigenvalue weighted by Crippen LogP contribution is 2.26. The van der Waals surface area contributed by atoms with E-state index in [4.69, 9.17) is 9.52 Å². The van der Waals surface area contributed by atoms with Crippen molar-refractivity contribution < 1.29 is 23.1 Å². The largest absolute Gasteiger partial charge is 0.475 e. The van der Waals surface area contributed by atoms with Gasteiger partial charge >= 0.3 is 5.97 Å². The molecule has 1 aromatic heterocycles. The average molecular weight is 270 g/mol. The van der Waals surface area contributed by atoms with Gasteiger partial charge in [0.2, 0.25) is 5.76 Å². The third-order valence-electron chi connectivity index (χ3n) is 2.19. The van der Waals surface area contributed by atoms with E-state index < -0.39 is 17.6 Å². The molecule has 0 radical (unpaired) electrons. The van der Waals surface area contributed by atoms with E-state index in [1.165, 1.54) is 24.3 Å². The lowest BCUT2D eigenvalue weighted by atomic mass is 10.2. The van der Waals surface area contributed by atoms with Crippen LogP contribution in [0.25, 0.3) is 0 Å². The van der Waals surface area contributed by atoms with Gasteiger partial charge in [0, 0.05) is 11.3 Å². The molecule has 0 saturated heterocycles. The van der Waals surface area contributed by atoms with Crippen molar-refractivity contribution in [1.82, 2.24) is 0 Å². The van der Waals surface area contributed by atoms with Gasteiger partial charge in [0.1, 0.15) is 0 Å². The number of rotatable bonds is 4. The molecular weight excluding hydrogens is 262 g/mol. The van der Waals surface area contributed by atoms with E-state index in [1.807, 2.05) is 0 Å². The molecule has 0 unspecified atom stereocenters. The first-order chi connectivity index (χ1) is 8.58. The van der Waals surface area contributed by atoms with E-state index in [9.17, 15) is 13.6 Å². The van der Waals surface area contributed by atoms with E-state index in [1.54, 1.807) is 0 Å². The van der Waals surface area contributed by atoms with Crippen LogP contribution in [0.15, 0.2) is 39.8 Å². The van der Waals surface area contributed by atoms with Crippen molar-refractivity contribution in [3.8, 4) is 0 Å². The topological polar surface area (TPSA) is 50.4 Å². The first kappa shape index (κ1) is 12.6. The summed E-state index contributed by atoms with van der Waals surface area (Å²) in [6, 6.07) is 6.71. The van der Waals surface area contributed by atoms with Gasteiger partial charge in [0.15, 0.2) is 16.7 Å². The summed E-state index contributed by atoms with van der Waals surface area (Å²) in [4.78, 5) is 10.6. The van der Waals surface area contributed by atoms with Crippen molar-refractivity contribution in [3.05, 3.63) is 53.3 Å². The number of carbonyl (C=O) groups is 1. The molecule has 0 bridgehead atoms. The zero-order valence-corrected chi connectivity index (χ0v) is 9.84. The Labute approximate surface area is 105 Å². The fourth-order valence-corrected chi connectivity index (χ4v) is 2.16. The van der Waals surface area contributed by atoms with Gasteiger partial charge in [-0.2, -0.15) is 0 Å². The van der Waals surface area contributed by atoms with E-state index >= 15 is 0 Å². The molecule has 2 aromatic rings. The number of halogens is 2. The smallest absolute Gasteiger partial charge is 0.371 e. The number of hydrogen-bond acceptors (Lipinski definition) is 3. The molecule has 94 valence electrons. The molecule has 0 aliphatic rings. The summed E-state index contributed by atoms with van der Waals surface area (Å²) >= 11 is 1.10. The quantitative estimate of drug-likeness (QED) is 0.863. The summed E-state index contributed by atoms with van der Waals surface area (Å²) in [6.07, 6.45) is 0. The Morgan fingerprint density at radius 1 is 1.28 bits per heavy atom. The van der Waals surface area contributed by atoms with Crippen molar-refractivity contribution in [2.45, 2.75) is 10.8 Å². The number of hydrogen-bond donors (Lipinski definition) is 1. The summed E-state index contributed by atoms with van der Waals surface area (Å²) in [6.45, 7) is 0. The van der Waals surface area contributed by atoms with Crippen LogP contribution < -0.4 is 0 Å². The van der Waals surface area contributed by atoms with Gasteiger partial charge in [-0.15, -0.1) is 0 Å². The molecular formula is C12H8F2O3S. The molecule has 18 heavy (non-hydrogen) atoms. The Bertz CT molecular complexity index is 580. The minimum Gasteiger partial charge on any atom is -0.475 e. The van der Waals surface area contributed by atoms with E-state index in [-0.39, 0.29) is 17.1 Å². The summed E-state index contributed by atoms with van der Waals surface area (Å²) in [5, 5.41) is 8.99. The number of benzene rings is 1. The minimum atomic E-state index is -1.17. The Kier molecular flexibility index (Phi) is 3.66. The van der Waals surface area contributed by atoms with Gasteiger partial charge in [0.25, 0.3) is 0 Å². The number of thioether (sulfide) groups is 1. The summed E-state index contributed by atoms with van der Waals surface area (Å²) in [7, 11) is 0. The molecule has 1 aromatic carbocycles. The normalized spacial score (nSPS) is 10.6. The zero-order valence-electron chi connectivity index (χ0n) is 9.02. The molecule has 0 atom stereocenters. The van der Waals surface area contributed by atoms with Crippen molar-refractivity contribution in [3.63, 3.8) is 0 Å². The first-order valence-electron chi connectivity index (χ1n) is 4.96. The van der Waals surface area contributed by atoms with Crippen LogP contribution in [0.1, 0.15) is 16.1 Å². The maximum atomic E-state index is 13.3. The van der Waals surface area contributed by atoms with Gasteiger partial charge in [-0.1, -0.05) is 23.9 Å². The lowest BCUT2D eigenvalue weighted by molar-refractivity contribution is 0.0656. The second-order valence-corrected chi connectivity index (χ2v) is 4.41. The lowest BCUT2D eigenvalue weighted by Gasteiger charge is -2.01. The number of aromatic carboxylic acids is 1. The van der Waals surface area contributed by atoms with Crippen molar-refractivity contribution in [2.75, 3.05) is 0 Å². The minimum absolute atomic E-state index is 0.163. The van der Waals surface area contributed by atoms with Crippen LogP contribution in [-0.4, -0.2) is 11.1 Å². The van der Waals surface area contributed by atoms with E-state index in [0.717, 1.165) is 17.8 Å². The summed E-state index contributed by atoms with van der Waals surface area (Å²) in [5.74, 6) is -2.99. The van der Waals surface area contributed by atoms with Crippen LogP contribution in [0.2, 0.25) is 0 Å². The summed E-state index contributed by atoms with van der Waals surface area (Å²) in [5.41, 5.74) is 0.202. The van der Waals surface area contributed by atoms with Crippen LogP contribution in [0.4, 0.5) is 8.78 Å². The molecule has 6 heteroatoms. The van der Waals surface area contributed by atoms with Crippen molar-refractivity contribution in [1.29, 1.82) is 0 Å². The molecule has 3 nitrogen and oxygen atoms in total. The van der Waals surface area contributed by atoms with Gasteiger partial charge in [-0.25, -0.2) is 13.6 Å². The fraction of sp³-hybridized carbons (Fsp3) is 0.0833. The SMILES string of the molecule is O=C(O)c1ccc(SCc2cccc(F)c2F)o1. The number of carboxylic acids is 1. The summed E-state index contributed by atoms with van der Waals surface area (Å²) < 4.78 is 31.2. The second kappa shape index (κ2) is 5.22. The Morgan fingerprint density at radius 3 is 2.72 bits per heavy atom. The standard InChI is InChI=1S/C12H8F2O3S/c13-8-3-1-2-7(11(8)14)6-18-10-5-4-9(17-10)12(15)16/h1-5H,6H2,(H,15,16). The third kappa shape index (κ3) is 2.70. The number of furan rings is 1. The van der Waals surface area contributed by atoms with Gasteiger partial charge in [-0.05, 0) is 18.2 Å². The predicted molar refractivity (Wildman–Crippen MR) is 61.6 cm³/mol. The molecule has 0 aliphatic heterocycles. The van der Waals surface area contributed by atoms with Crippen LogP contribution in [0.5, 0.6) is 0 Å². The van der Waals surface area contributed by atoms with Gasteiger partial charge < -0.3 is 9.52 Å². The molecule has 2 rings (SSSR count). The highest BCUT2D eigenvalue weighted by molar-refractivity contribution is 7.98. The maximum absolute atomic E-state index is 13.3. The van der Waals surface area contributed by atoms with Gasteiger partial charge in [0.05, 0.1) is 0 Å². The molecule has 1 heterocycles.